The summed E-state index contributed by atoms with van der Waals surface area (Å²) in [6.45, 7) is 10.4. The minimum Gasteiger partial charge on any atom is -0.354 e. The maximum atomic E-state index is 11.8. The SMILES string of the molecule is CN1CCN(C(C)(C)CNC(=O)CCNC2CC2)CC1. The standard InChI is InChI=1S/C15H30N4O/c1-15(2,19-10-8-18(3)9-11-19)12-17-14(20)6-7-16-13-4-5-13/h13,16H,4-12H2,1-3H3,(H,17,20). The molecule has 5 heteroatoms. The summed E-state index contributed by atoms with van der Waals surface area (Å²) < 4.78 is 0. The Balaban J connectivity index is 1.63. The maximum Gasteiger partial charge on any atom is 0.221 e. The molecule has 1 aliphatic heterocycles. The number of rotatable bonds is 7. The Kier molecular flexibility index (Phi) is 5.41. The molecule has 1 amide bonds. The quantitative estimate of drug-likeness (QED) is 0.704. The molecule has 0 unspecified atom stereocenters. The number of carbonyl (C=O) groups excluding carboxylic acids is 1. The van der Waals surface area contributed by atoms with Gasteiger partial charge in [0.15, 0.2) is 0 Å². The van der Waals surface area contributed by atoms with Crippen molar-refractivity contribution in [2.75, 3.05) is 46.3 Å². The van der Waals surface area contributed by atoms with Gasteiger partial charge in [-0.1, -0.05) is 0 Å². The van der Waals surface area contributed by atoms with E-state index < -0.39 is 0 Å². The largest absolute Gasteiger partial charge is 0.354 e. The molecule has 116 valence electrons. The molecule has 2 aliphatic rings. The third-order valence-corrected chi connectivity index (χ3v) is 4.44. The van der Waals surface area contributed by atoms with E-state index in [1.807, 2.05) is 0 Å². The molecule has 1 saturated heterocycles. The first kappa shape index (κ1) is 15.7. The van der Waals surface area contributed by atoms with Gasteiger partial charge in [-0.2, -0.15) is 0 Å². The summed E-state index contributed by atoms with van der Waals surface area (Å²) in [7, 11) is 2.17. The molecule has 0 aromatic rings. The number of hydrogen-bond donors (Lipinski definition) is 2. The average molecular weight is 282 g/mol. The summed E-state index contributed by atoms with van der Waals surface area (Å²) in [5.74, 6) is 0.167. The molecule has 0 spiro atoms. The van der Waals surface area contributed by atoms with Gasteiger partial charge in [-0.15, -0.1) is 0 Å². The number of piperazine rings is 1. The fourth-order valence-corrected chi connectivity index (χ4v) is 2.60. The average Bonchev–Trinajstić information content (AvgIpc) is 3.21. The van der Waals surface area contributed by atoms with E-state index in [-0.39, 0.29) is 11.4 Å². The van der Waals surface area contributed by atoms with Crippen molar-refractivity contribution in [3.8, 4) is 0 Å². The fourth-order valence-electron chi connectivity index (χ4n) is 2.60. The van der Waals surface area contributed by atoms with Crippen molar-refractivity contribution < 1.29 is 4.79 Å². The van der Waals surface area contributed by atoms with Crippen LogP contribution in [0.3, 0.4) is 0 Å². The van der Waals surface area contributed by atoms with E-state index in [4.69, 9.17) is 0 Å². The molecule has 1 heterocycles. The van der Waals surface area contributed by atoms with Gasteiger partial charge in [0, 0.05) is 57.3 Å². The molecular weight excluding hydrogens is 252 g/mol. The molecule has 2 N–H and O–H groups in total. The molecule has 0 atom stereocenters. The van der Waals surface area contributed by atoms with Gasteiger partial charge < -0.3 is 15.5 Å². The minimum atomic E-state index is 0.0425. The van der Waals surface area contributed by atoms with Gasteiger partial charge in [-0.25, -0.2) is 0 Å². The van der Waals surface area contributed by atoms with E-state index in [0.29, 0.717) is 12.5 Å². The molecule has 2 fully saturated rings. The highest BCUT2D eigenvalue weighted by molar-refractivity contribution is 5.76. The number of likely N-dealkylation sites (N-methyl/N-ethyl adjacent to an activating group) is 1. The predicted octanol–water partition coefficient (Wildman–Crippen LogP) is 0.271. The van der Waals surface area contributed by atoms with E-state index in [9.17, 15) is 4.79 Å². The Labute approximate surface area is 123 Å². The lowest BCUT2D eigenvalue weighted by Crippen LogP contribution is -2.57. The predicted molar refractivity (Wildman–Crippen MR) is 81.8 cm³/mol. The van der Waals surface area contributed by atoms with Crippen LogP contribution < -0.4 is 10.6 Å². The van der Waals surface area contributed by atoms with Crippen molar-refractivity contribution in [1.29, 1.82) is 0 Å². The monoisotopic (exact) mass is 282 g/mol. The highest BCUT2D eigenvalue weighted by Gasteiger charge is 2.29. The van der Waals surface area contributed by atoms with Gasteiger partial charge in [0.2, 0.25) is 5.91 Å². The Morgan fingerprint density at radius 1 is 1.20 bits per heavy atom. The summed E-state index contributed by atoms with van der Waals surface area (Å²) >= 11 is 0. The minimum absolute atomic E-state index is 0.0425. The summed E-state index contributed by atoms with van der Waals surface area (Å²) in [4.78, 5) is 16.7. The van der Waals surface area contributed by atoms with Crippen LogP contribution in [-0.2, 0) is 4.79 Å². The highest BCUT2D eigenvalue weighted by atomic mass is 16.1. The van der Waals surface area contributed by atoms with Crippen molar-refractivity contribution in [2.45, 2.75) is 44.7 Å². The second kappa shape index (κ2) is 6.87. The first-order chi connectivity index (χ1) is 9.47. The summed E-state index contributed by atoms with van der Waals surface area (Å²) in [6.07, 6.45) is 3.14. The Morgan fingerprint density at radius 2 is 1.85 bits per heavy atom. The topological polar surface area (TPSA) is 47.6 Å². The summed E-state index contributed by atoms with van der Waals surface area (Å²) in [5.41, 5.74) is 0.0425. The second-order valence-electron chi connectivity index (χ2n) is 6.86. The van der Waals surface area contributed by atoms with Crippen molar-refractivity contribution in [2.24, 2.45) is 0 Å². The molecular formula is C15H30N4O. The number of nitrogens with one attached hydrogen (secondary N) is 2. The van der Waals surface area contributed by atoms with Gasteiger partial charge in [0.1, 0.15) is 0 Å². The fraction of sp³-hybridized carbons (Fsp3) is 0.933. The van der Waals surface area contributed by atoms with Gasteiger partial charge in [-0.05, 0) is 33.7 Å². The van der Waals surface area contributed by atoms with E-state index in [1.54, 1.807) is 0 Å². The van der Waals surface area contributed by atoms with Gasteiger partial charge >= 0.3 is 0 Å². The lowest BCUT2D eigenvalue weighted by atomic mass is 10.0. The van der Waals surface area contributed by atoms with Crippen molar-refractivity contribution in [3.63, 3.8) is 0 Å². The van der Waals surface area contributed by atoms with Crippen LogP contribution >= 0.6 is 0 Å². The van der Waals surface area contributed by atoms with Crippen LogP contribution in [0.5, 0.6) is 0 Å². The van der Waals surface area contributed by atoms with Crippen molar-refractivity contribution in [3.05, 3.63) is 0 Å². The first-order valence-corrected chi connectivity index (χ1v) is 7.91. The molecule has 0 aromatic heterocycles. The second-order valence-corrected chi connectivity index (χ2v) is 6.86. The van der Waals surface area contributed by atoms with Crippen LogP contribution in [0.4, 0.5) is 0 Å². The number of carbonyl (C=O) groups is 1. The Morgan fingerprint density at radius 3 is 2.45 bits per heavy atom. The molecule has 0 radical (unpaired) electrons. The Hall–Kier alpha value is -0.650. The molecule has 0 bridgehead atoms. The zero-order chi connectivity index (χ0) is 14.6. The zero-order valence-electron chi connectivity index (χ0n) is 13.2. The lowest BCUT2D eigenvalue weighted by Gasteiger charge is -2.43. The Bertz CT molecular complexity index is 320. The maximum absolute atomic E-state index is 11.8. The lowest BCUT2D eigenvalue weighted by molar-refractivity contribution is -0.121. The van der Waals surface area contributed by atoms with Gasteiger partial charge in [-0.3, -0.25) is 9.69 Å². The number of hydrogen-bond acceptors (Lipinski definition) is 4. The molecule has 2 rings (SSSR count). The van der Waals surface area contributed by atoms with Crippen LogP contribution in [-0.4, -0.2) is 73.6 Å². The third-order valence-electron chi connectivity index (χ3n) is 4.44. The molecule has 5 nitrogen and oxygen atoms in total. The van der Waals surface area contributed by atoms with Crippen LogP contribution in [0.25, 0.3) is 0 Å². The van der Waals surface area contributed by atoms with E-state index >= 15 is 0 Å². The highest BCUT2D eigenvalue weighted by Crippen LogP contribution is 2.18. The zero-order valence-corrected chi connectivity index (χ0v) is 13.2. The molecule has 20 heavy (non-hydrogen) atoms. The van der Waals surface area contributed by atoms with E-state index in [1.165, 1.54) is 12.8 Å². The number of nitrogens with zero attached hydrogens (tertiary/aromatic N) is 2. The third kappa shape index (κ3) is 5.04. The normalized spacial score (nSPS) is 21.9. The summed E-state index contributed by atoms with van der Waals surface area (Å²) in [5, 5.41) is 6.47. The van der Waals surface area contributed by atoms with E-state index in [0.717, 1.165) is 39.3 Å². The summed E-state index contributed by atoms with van der Waals surface area (Å²) in [6, 6.07) is 0.685. The van der Waals surface area contributed by atoms with E-state index in [2.05, 4.69) is 41.3 Å². The molecule has 1 saturated carbocycles. The number of amides is 1. The van der Waals surface area contributed by atoms with Crippen molar-refractivity contribution >= 4 is 5.91 Å². The van der Waals surface area contributed by atoms with Gasteiger partial charge in [0.25, 0.3) is 0 Å². The van der Waals surface area contributed by atoms with Crippen LogP contribution in [0.15, 0.2) is 0 Å². The smallest absolute Gasteiger partial charge is 0.221 e. The van der Waals surface area contributed by atoms with Crippen LogP contribution in [0.2, 0.25) is 0 Å². The first-order valence-electron chi connectivity index (χ1n) is 7.91. The molecule has 0 aromatic carbocycles. The van der Waals surface area contributed by atoms with Crippen LogP contribution in [0, 0.1) is 0 Å². The van der Waals surface area contributed by atoms with Crippen LogP contribution in [0.1, 0.15) is 33.1 Å². The molecule has 1 aliphatic carbocycles. The van der Waals surface area contributed by atoms with Crippen molar-refractivity contribution in [1.82, 2.24) is 20.4 Å². The van der Waals surface area contributed by atoms with Gasteiger partial charge in [0.05, 0.1) is 0 Å².